The minimum atomic E-state index is -3.87. The summed E-state index contributed by atoms with van der Waals surface area (Å²) in [7, 11) is -3.87. The van der Waals surface area contributed by atoms with E-state index < -0.39 is 50.4 Å². The monoisotopic (exact) mass is 498 g/mol. The average Bonchev–Trinajstić information content (AvgIpc) is 3.27. The van der Waals surface area contributed by atoms with E-state index in [0.717, 1.165) is 6.20 Å². The van der Waals surface area contributed by atoms with Crippen LogP contribution in [0.15, 0.2) is 30.5 Å². The van der Waals surface area contributed by atoms with Gasteiger partial charge in [0, 0.05) is 24.2 Å². The Kier molecular flexibility index (Phi) is 6.20. The van der Waals surface area contributed by atoms with Crippen LogP contribution in [0.3, 0.4) is 0 Å². The van der Waals surface area contributed by atoms with Gasteiger partial charge in [0.25, 0.3) is 5.69 Å². The van der Waals surface area contributed by atoms with Gasteiger partial charge in [-0.05, 0) is 41.8 Å². The van der Waals surface area contributed by atoms with Gasteiger partial charge in [-0.25, -0.2) is 22.5 Å². The van der Waals surface area contributed by atoms with Gasteiger partial charge in [0.05, 0.1) is 22.8 Å². The molecule has 2 bridgehead atoms. The number of nitrogens with zero attached hydrogens (tertiary/aromatic N) is 3. The maximum Gasteiger partial charge on any atom is 0.269 e. The van der Waals surface area contributed by atoms with Crippen LogP contribution in [0.5, 0.6) is 0 Å². The van der Waals surface area contributed by atoms with Crippen molar-refractivity contribution in [2.75, 3.05) is 5.32 Å². The number of amides is 1. The van der Waals surface area contributed by atoms with Gasteiger partial charge in [0.1, 0.15) is 0 Å². The van der Waals surface area contributed by atoms with E-state index in [4.69, 9.17) is 17.3 Å². The van der Waals surface area contributed by atoms with E-state index in [1.807, 2.05) is 0 Å². The van der Waals surface area contributed by atoms with Gasteiger partial charge < -0.3 is 11.1 Å². The predicted octanol–water partition coefficient (Wildman–Crippen LogP) is 1.59. The lowest BCUT2D eigenvalue weighted by molar-refractivity contribution is -0.384. The molecule has 1 aromatic heterocycles. The summed E-state index contributed by atoms with van der Waals surface area (Å²) in [6.45, 7) is 0. The number of sulfonamides is 1. The number of fused-ring (bicyclic) bond motifs is 2. The first-order valence-electron chi connectivity index (χ1n) is 10.0. The van der Waals surface area contributed by atoms with Crippen molar-refractivity contribution in [2.45, 2.75) is 30.7 Å². The number of benzene rings is 1. The molecular weight excluding hydrogens is 479 g/mol. The quantitative estimate of drug-likeness (QED) is 0.280. The van der Waals surface area contributed by atoms with Crippen LogP contribution in [0, 0.1) is 33.7 Å². The van der Waals surface area contributed by atoms with Crippen molar-refractivity contribution < 1.29 is 22.5 Å². The largest absolute Gasteiger partial charge is 0.369 e. The molecule has 0 unspecified atom stereocenters. The summed E-state index contributed by atoms with van der Waals surface area (Å²) in [6.07, 6.45) is 1.79. The predicted molar refractivity (Wildman–Crippen MR) is 116 cm³/mol. The third-order valence-corrected chi connectivity index (χ3v) is 7.72. The summed E-state index contributed by atoms with van der Waals surface area (Å²) >= 11 is 5.75. The Morgan fingerprint density at radius 1 is 1.36 bits per heavy atom. The number of rotatable bonds is 8. The van der Waals surface area contributed by atoms with E-state index in [9.17, 15) is 27.7 Å². The summed E-state index contributed by atoms with van der Waals surface area (Å²) in [5.74, 6) is -3.18. The van der Waals surface area contributed by atoms with Gasteiger partial charge in [0.2, 0.25) is 21.2 Å². The number of nitrogens with one attached hydrogen (secondary N) is 2. The van der Waals surface area contributed by atoms with E-state index in [0.29, 0.717) is 12.8 Å². The van der Waals surface area contributed by atoms with Gasteiger partial charge in [-0.15, -0.1) is 0 Å². The van der Waals surface area contributed by atoms with Gasteiger partial charge in [-0.3, -0.25) is 14.9 Å². The number of nitro benzene ring substituents is 1. The maximum atomic E-state index is 14.2. The molecule has 0 aliphatic heterocycles. The third-order valence-electron chi connectivity index (χ3n) is 6.16. The molecule has 5 atom stereocenters. The minimum Gasteiger partial charge on any atom is -0.369 e. The van der Waals surface area contributed by atoms with Crippen molar-refractivity contribution in [1.82, 2.24) is 14.7 Å². The van der Waals surface area contributed by atoms with Crippen LogP contribution in [0.1, 0.15) is 18.4 Å². The van der Waals surface area contributed by atoms with Crippen LogP contribution in [0.25, 0.3) is 0 Å². The lowest BCUT2D eigenvalue weighted by atomic mass is 9.81. The van der Waals surface area contributed by atoms with E-state index in [1.165, 1.54) is 24.3 Å². The lowest BCUT2D eigenvalue weighted by Crippen LogP contribution is -2.51. The Hall–Kier alpha value is -2.90. The topological polar surface area (TPSA) is 170 Å². The normalized spacial score (nSPS) is 26.3. The fraction of sp³-hybridized carbons (Fsp3) is 0.421. The first-order valence-corrected chi connectivity index (χ1v) is 12.0. The Morgan fingerprint density at radius 3 is 2.82 bits per heavy atom. The molecule has 2 fully saturated rings. The van der Waals surface area contributed by atoms with Gasteiger partial charge in [-0.2, -0.15) is 4.98 Å². The van der Waals surface area contributed by atoms with Crippen molar-refractivity contribution in [3.05, 3.63) is 57.2 Å². The molecule has 0 spiro atoms. The second-order valence-corrected chi connectivity index (χ2v) is 10.3. The molecule has 4 rings (SSSR count). The number of carbonyl (C=O) groups excluding carboxylic acids is 1. The fourth-order valence-corrected chi connectivity index (χ4v) is 6.53. The molecule has 0 saturated heterocycles. The van der Waals surface area contributed by atoms with Crippen LogP contribution in [-0.4, -0.2) is 41.3 Å². The molecule has 2 aliphatic carbocycles. The van der Waals surface area contributed by atoms with E-state index in [-0.39, 0.29) is 34.2 Å². The SMILES string of the molecule is NC(=O)[C@H]1[C@H]2C[C@H]([C@H]1Nc1nc(Cl)ncc1F)[C@H](NS(=O)(=O)Cc1cccc([N+](=O)[O-])c1)C2. The Balaban J connectivity index is 1.52. The fourth-order valence-electron chi connectivity index (χ4n) is 4.96. The molecule has 33 heavy (non-hydrogen) atoms. The van der Waals surface area contributed by atoms with Gasteiger partial charge in [0.15, 0.2) is 11.6 Å². The smallest absolute Gasteiger partial charge is 0.269 e. The van der Waals surface area contributed by atoms with Gasteiger partial charge in [-0.1, -0.05) is 12.1 Å². The molecule has 11 nitrogen and oxygen atoms in total. The lowest BCUT2D eigenvalue weighted by Gasteiger charge is -2.35. The van der Waals surface area contributed by atoms with Crippen molar-refractivity contribution in [3.63, 3.8) is 0 Å². The first-order chi connectivity index (χ1) is 15.5. The molecule has 14 heteroatoms. The van der Waals surface area contributed by atoms with Crippen LogP contribution in [0.4, 0.5) is 15.9 Å². The molecule has 2 saturated carbocycles. The number of carbonyl (C=O) groups is 1. The Labute approximate surface area is 193 Å². The Morgan fingerprint density at radius 2 is 2.12 bits per heavy atom. The van der Waals surface area contributed by atoms with E-state index >= 15 is 0 Å². The highest BCUT2D eigenvalue weighted by molar-refractivity contribution is 7.88. The number of primary amides is 1. The number of anilines is 1. The average molecular weight is 499 g/mol. The standard InChI is InChI=1S/C19H20ClFN6O5S/c20-19-23-7-13(21)18(25-19)24-16-12-5-10(15(16)17(22)28)6-14(12)26-33(31,32)8-9-2-1-3-11(4-9)27(29)30/h1-4,7,10,12,14-16,26H,5-6,8H2,(H2,22,28)(H,23,24,25)/t10-,12-,14+,15-,16+/m0/s1. The zero-order chi connectivity index (χ0) is 23.9. The van der Waals surface area contributed by atoms with Gasteiger partial charge >= 0.3 is 0 Å². The second kappa shape index (κ2) is 8.80. The summed E-state index contributed by atoms with van der Waals surface area (Å²) in [4.78, 5) is 29.8. The molecule has 0 radical (unpaired) electrons. The van der Waals surface area contributed by atoms with Crippen LogP contribution < -0.4 is 15.8 Å². The summed E-state index contributed by atoms with van der Waals surface area (Å²) in [6, 6.07) is 4.19. The highest BCUT2D eigenvalue weighted by atomic mass is 35.5. The number of hydrogen-bond acceptors (Lipinski definition) is 8. The maximum absolute atomic E-state index is 14.2. The number of aromatic nitrogens is 2. The molecular formula is C19H20ClFN6O5S. The van der Waals surface area contributed by atoms with Crippen LogP contribution in [-0.2, 0) is 20.6 Å². The van der Waals surface area contributed by atoms with Crippen molar-refractivity contribution in [1.29, 1.82) is 0 Å². The summed E-state index contributed by atoms with van der Waals surface area (Å²) in [5.41, 5.74) is 5.64. The molecule has 2 aromatic rings. The first kappa shape index (κ1) is 23.3. The third kappa shape index (κ3) is 4.89. The van der Waals surface area contributed by atoms with Crippen LogP contribution in [0.2, 0.25) is 5.28 Å². The molecule has 4 N–H and O–H groups in total. The Bertz CT molecular complexity index is 1210. The van der Waals surface area contributed by atoms with Crippen LogP contribution >= 0.6 is 11.6 Å². The highest BCUT2D eigenvalue weighted by Crippen LogP contribution is 2.50. The molecule has 1 amide bonds. The van der Waals surface area contributed by atoms with E-state index in [2.05, 4.69) is 20.0 Å². The summed E-state index contributed by atoms with van der Waals surface area (Å²) in [5, 5.41) is 13.6. The number of non-ortho nitro benzene ring substituents is 1. The van der Waals surface area contributed by atoms with E-state index in [1.54, 1.807) is 0 Å². The number of nitrogens with two attached hydrogens (primary N) is 1. The molecule has 176 valence electrons. The second-order valence-electron chi connectivity index (χ2n) is 8.24. The minimum absolute atomic E-state index is 0.188. The number of halogens is 2. The highest BCUT2D eigenvalue weighted by Gasteiger charge is 2.55. The molecule has 1 heterocycles. The molecule has 2 aliphatic rings. The zero-order valence-electron chi connectivity index (χ0n) is 17.0. The van der Waals surface area contributed by atoms with Crippen molar-refractivity contribution in [3.8, 4) is 0 Å². The zero-order valence-corrected chi connectivity index (χ0v) is 18.6. The molecule has 1 aromatic carbocycles. The number of hydrogen-bond donors (Lipinski definition) is 3. The number of nitro groups is 1. The van der Waals surface area contributed by atoms with Crippen molar-refractivity contribution >= 4 is 39.0 Å². The van der Waals surface area contributed by atoms with Crippen molar-refractivity contribution in [2.24, 2.45) is 23.5 Å². The summed E-state index contributed by atoms with van der Waals surface area (Å²) < 4.78 is 42.4.